The third kappa shape index (κ3) is 5.08. The molecule has 0 aliphatic heterocycles. The van der Waals surface area contributed by atoms with Crippen molar-refractivity contribution in [2.75, 3.05) is 10.6 Å². The van der Waals surface area contributed by atoms with Crippen molar-refractivity contribution in [3.05, 3.63) is 78.4 Å². The Labute approximate surface area is 176 Å². The molecule has 3 N–H and O–H groups in total. The van der Waals surface area contributed by atoms with Gasteiger partial charge < -0.3 is 14.8 Å². The molecular formula is C22H18F2N4O3. The first kappa shape index (κ1) is 20.1. The molecule has 2 amide bonds. The first-order chi connectivity index (χ1) is 15.1. The fourth-order valence-corrected chi connectivity index (χ4v) is 2.95. The van der Waals surface area contributed by atoms with Crippen LogP contribution in [0.2, 0.25) is 0 Å². The normalized spacial score (nSPS) is 10.8. The van der Waals surface area contributed by atoms with E-state index in [1.807, 2.05) is 30.3 Å². The fourth-order valence-electron chi connectivity index (χ4n) is 2.95. The van der Waals surface area contributed by atoms with E-state index in [0.717, 1.165) is 5.56 Å². The Morgan fingerprint density at radius 2 is 1.77 bits per heavy atom. The largest absolute Gasteiger partial charge is 0.489 e. The smallest absolute Gasteiger partial charge is 0.387 e. The maximum atomic E-state index is 12.6. The molecule has 0 radical (unpaired) electrons. The molecule has 0 saturated carbocycles. The van der Waals surface area contributed by atoms with E-state index in [1.54, 1.807) is 24.3 Å². The van der Waals surface area contributed by atoms with Crippen molar-refractivity contribution in [1.29, 1.82) is 0 Å². The van der Waals surface area contributed by atoms with E-state index >= 15 is 0 Å². The zero-order valence-corrected chi connectivity index (χ0v) is 16.1. The SMILES string of the molecule is O=C(Nc1ccccc1OC(F)F)Nc1n[nH]c2ccc(OCc3ccccc3)cc12. The maximum absolute atomic E-state index is 12.6. The monoisotopic (exact) mass is 424 g/mol. The van der Waals surface area contributed by atoms with Gasteiger partial charge in [0, 0.05) is 5.39 Å². The van der Waals surface area contributed by atoms with Crippen LogP contribution in [0.1, 0.15) is 5.56 Å². The lowest BCUT2D eigenvalue weighted by Gasteiger charge is -2.12. The summed E-state index contributed by atoms with van der Waals surface area (Å²) in [5.41, 5.74) is 1.83. The molecule has 0 fully saturated rings. The topological polar surface area (TPSA) is 88.3 Å². The van der Waals surface area contributed by atoms with Crippen molar-refractivity contribution in [1.82, 2.24) is 10.2 Å². The summed E-state index contributed by atoms with van der Waals surface area (Å²) < 4.78 is 35.3. The van der Waals surface area contributed by atoms with Gasteiger partial charge in [-0.3, -0.25) is 10.4 Å². The number of aromatic amines is 1. The van der Waals surface area contributed by atoms with Crippen molar-refractivity contribution >= 4 is 28.4 Å². The van der Waals surface area contributed by atoms with Gasteiger partial charge in [0.25, 0.3) is 0 Å². The number of carbonyl (C=O) groups excluding carboxylic acids is 1. The van der Waals surface area contributed by atoms with Gasteiger partial charge in [-0.1, -0.05) is 42.5 Å². The number of hydrogen-bond acceptors (Lipinski definition) is 4. The number of rotatable bonds is 7. The van der Waals surface area contributed by atoms with E-state index in [-0.39, 0.29) is 17.3 Å². The minimum Gasteiger partial charge on any atom is -0.489 e. The van der Waals surface area contributed by atoms with Crippen LogP contribution < -0.4 is 20.1 Å². The molecule has 31 heavy (non-hydrogen) atoms. The average molecular weight is 424 g/mol. The molecule has 0 spiro atoms. The lowest BCUT2D eigenvalue weighted by molar-refractivity contribution is -0.0493. The molecule has 0 bridgehead atoms. The molecular weight excluding hydrogens is 406 g/mol. The third-order valence-corrected chi connectivity index (χ3v) is 4.37. The molecule has 7 nitrogen and oxygen atoms in total. The van der Waals surface area contributed by atoms with Crippen LogP contribution >= 0.6 is 0 Å². The van der Waals surface area contributed by atoms with Crippen LogP contribution in [0, 0.1) is 0 Å². The number of anilines is 2. The zero-order valence-electron chi connectivity index (χ0n) is 16.1. The molecule has 1 aromatic heterocycles. The Bertz CT molecular complexity index is 1180. The van der Waals surface area contributed by atoms with Crippen molar-refractivity contribution < 1.29 is 23.0 Å². The summed E-state index contributed by atoms with van der Waals surface area (Å²) in [6.45, 7) is -2.61. The fraction of sp³-hybridized carbons (Fsp3) is 0.0909. The second-order valence-corrected chi connectivity index (χ2v) is 6.51. The zero-order chi connectivity index (χ0) is 21.6. The average Bonchev–Trinajstić information content (AvgIpc) is 3.16. The summed E-state index contributed by atoms with van der Waals surface area (Å²) in [5, 5.41) is 12.7. The van der Waals surface area contributed by atoms with Gasteiger partial charge in [0.1, 0.15) is 18.1 Å². The van der Waals surface area contributed by atoms with Crippen LogP contribution in [0.25, 0.3) is 10.9 Å². The molecule has 0 unspecified atom stereocenters. The number of benzene rings is 3. The molecule has 0 atom stereocenters. The van der Waals surface area contributed by atoms with Crippen LogP contribution in [-0.2, 0) is 6.61 Å². The van der Waals surface area contributed by atoms with Crippen LogP contribution in [0.15, 0.2) is 72.8 Å². The second kappa shape index (κ2) is 9.12. The van der Waals surface area contributed by atoms with Crippen molar-refractivity contribution in [2.24, 2.45) is 0 Å². The molecule has 0 aliphatic rings. The Morgan fingerprint density at radius 3 is 2.58 bits per heavy atom. The molecule has 4 rings (SSSR count). The number of ether oxygens (including phenoxy) is 2. The summed E-state index contributed by atoms with van der Waals surface area (Å²) in [6.07, 6.45) is 0. The lowest BCUT2D eigenvalue weighted by Crippen LogP contribution is -2.20. The number of H-pyrrole nitrogens is 1. The van der Waals surface area contributed by atoms with E-state index in [2.05, 4.69) is 25.6 Å². The molecule has 3 aromatic carbocycles. The van der Waals surface area contributed by atoms with Crippen LogP contribution in [-0.4, -0.2) is 22.8 Å². The number of halogens is 2. The number of aromatic nitrogens is 2. The Balaban J connectivity index is 1.46. The van der Waals surface area contributed by atoms with Gasteiger partial charge in [-0.25, -0.2) is 4.79 Å². The van der Waals surface area contributed by atoms with Crippen molar-refractivity contribution in [2.45, 2.75) is 13.2 Å². The number of nitrogens with one attached hydrogen (secondary N) is 3. The van der Waals surface area contributed by atoms with Gasteiger partial charge in [0.2, 0.25) is 0 Å². The number of alkyl halides is 2. The van der Waals surface area contributed by atoms with E-state index in [9.17, 15) is 13.6 Å². The Kier molecular flexibility index (Phi) is 5.93. The number of fused-ring (bicyclic) bond motifs is 1. The number of para-hydroxylation sites is 2. The van der Waals surface area contributed by atoms with Crippen LogP contribution in [0.3, 0.4) is 0 Å². The van der Waals surface area contributed by atoms with Crippen LogP contribution in [0.4, 0.5) is 25.1 Å². The molecule has 4 aromatic rings. The minimum atomic E-state index is -3.00. The predicted molar refractivity (Wildman–Crippen MR) is 113 cm³/mol. The summed E-state index contributed by atoms with van der Waals surface area (Å²) in [4.78, 5) is 12.4. The molecule has 0 aliphatic carbocycles. The standard InChI is InChI=1S/C22H18F2N4O3/c23-21(24)31-19-9-5-4-8-18(19)25-22(29)26-20-16-12-15(10-11-17(16)27-28-20)30-13-14-6-2-1-3-7-14/h1-12,21H,13H2,(H3,25,26,27,28,29). The van der Waals surface area contributed by atoms with E-state index in [1.165, 1.54) is 18.2 Å². The number of carbonyl (C=O) groups is 1. The molecule has 9 heteroatoms. The predicted octanol–water partition coefficient (Wildman–Crippen LogP) is 5.39. The quantitative estimate of drug-likeness (QED) is 0.371. The highest BCUT2D eigenvalue weighted by molar-refractivity contribution is 6.05. The first-order valence-corrected chi connectivity index (χ1v) is 9.35. The van der Waals surface area contributed by atoms with E-state index in [0.29, 0.717) is 23.3 Å². The third-order valence-electron chi connectivity index (χ3n) is 4.37. The van der Waals surface area contributed by atoms with Crippen LogP contribution in [0.5, 0.6) is 11.5 Å². The van der Waals surface area contributed by atoms with Gasteiger partial charge in [0.05, 0.1) is 11.2 Å². The Morgan fingerprint density at radius 1 is 1.00 bits per heavy atom. The summed E-state index contributed by atoms with van der Waals surface area (Å²) >= 11 is 0. The second-order valence-electron chi connectivity index (χ2n) is 6.51. The summed E-state index contributed by atoms with van der Waals surface area (Å²) in [7, 11) is 0. The van der Waals surface area contributed by atoms with Gasteiger partial charge in [-0.05, 0) is 35.9 Å². The number of hydrogen-bond donors (Lipinski definition) is 3. The maximum Gasteiger partial charge on any atom is 0.387 e. The van der Waals surface area contributed by atoms with E-state index in [4.69, 9.17) is 4.74 Å². The minimum absolute atomic E-state index is 0.104. The lowest BCUT2D eigenvalue weighted by atomic mass is 10.2. The van der Waals surface area contributed by atoms with Gasteiger partial charge >= 0.3 is 12.6 Å². The highest BCUT2D eigenvalue weighted by atomic mass is 19.3. The molecule has 1 heterocycles. The number of amides is 2. The molecule has 158 valence electrons. The van der Waals surface area contributed by atoms with Crippen molar-refractivity contribution in [3.63, 3.8) is 0 Å². The summed E-state index contributed by atoms with van der Waals surface area (Å²) in [6, 6.07) is 20.3. The number of urea groups is 1. The Hall–Kier alpha value is -4.14. The van der Waals surface area contributed by atoms with Crippen molar-refractivity contribution in [3.8, 4) is 11.5 Å². The van der Waals surface area contributed by atoms with E-state index < -0.39 is 12.6 Å². The number of nitrogens with zero attached hydrogens (tertiary/aromatic N) is 1. The van der Waals surface area contributed by atoms with Gasteiger partial charge in [-0.2, -0.15) is 13.9 Å². The highest BCUT2D eigenvalue weighted by Crippen LogP contribution is 2.28. The summed E-state index contributed by atoms with van der Waals surface area (Å²) in [5.74, 6) is 0.734. The van der Waals surface area contributed by atoms with Gasteiger partial charge in [-0.15, -0.1) is 0 Å². The molecule has 0 saturated heterocycles. The highest BCUT2D eigenvalue weighted by Gasteiger charge is 2.14. The first-order valence-electron chi connectivity index (χ1n) is 9.35. The van der Waals surface area contributed by atoms with Gasteiger partial charge in [0.15, 0.2) is 5.82 Å².